The van der Waals surface area contributed by atoms with Crippen molar-refractivity contribution >= 4 is 11.9 Å². The second kappa shape index (κ2) is 11.7. The maximum absolute atomic E-state index is 12.6. The molecule has 0 aromatic heterocycles. The highest BCUT2D eigenvalue weighted by atomic mass is 16.8. The van der Waals surface area contributed by atoms with Crippen LogP contribution < -0.4 is 0 Å². The average Bonchev–Trinajstić information content (AvgIpc) is 3.24. The predicted molar refractivity (Wildman–Crippen MR) is 122 cm³/mol. The van der Waals surface area contributed by atoms with Crippen molar-refractivity contribution in [3.05, 3.63) is 59.4 Å². The summed E-state index contributed by atoms with van der Waals surface area (Å²) in [5, 5.41) is 50.8. The first kappa shape index (κ1) is 27.2. The monoisotopic (exact) mass is 522 g/mol. The van der Waals surface area contributed by atoms with Gasteiger partial charge in [-0.2, -0.15) is 0 Å². The Hall–Kier alpha value is -2.84. The molecular weight excluding hydrogens is 492 g/mol. The van der Waals surface area contributed by atoms with Gasteiger partial charge in [-0.15, -0.1) is 0 Å². The number of benzene rings is 1. The summed E-state index contributed by atoms with van der Waals surface area (Å²) in [6.45, 7) is 0.792. The van der Waals surface area contributed by atoms with Crippen LogP contribution in [0.1, 0.15) is 17.3 Å². The number of rotatable bonds is 8. The molecule has 0 spiro atoms. The Balaban J connectivity index is 1.57. The number of esters is 2. The molecule has 5 N–H and O–H groups in total. The van der Waals surface area contributed by atoms with Crippen LogP contribution in [0.4, 0.5) is 0 Å². The van der Waals surface area contributed by atoms with Gasteiger partial charge in [0.2, 0.25) is 6.29 Å². The Bertz CT molecular complexity index is 1020. The fraction of sp³-hybridized carbons (Fsp3) is 0.520. The van der Waals surface area contributed by atoms with E-state index in [2.05, 4.69) is 0 Å². The first-order valence-corrected chi connectivity index (χ1v) is 11.9. The van der Waals surface area contributed by atoms with Crippen molar-refractivity contribution in [2.45, 2.75) is 50.0 Å². The minimum absolute atomic E-state index is 0.0358. The maximum atomic E-state index is 12.6. The number of fused-ring (bicyclic) bond motifs is 1. The Morgan fingerprint density at radius 3 is 2.32 bits per heavy atom. The van der Waals surface area contributed by atoms with Crippen LogP contribution in [0.15, 0.2) is 53.8 Å². The molecule has 0 amide bonds. The normalized spacial score (nSPS) is 35.0. The molecule has 0 bridgehead atoms. The van der Waals surface area contributed by atoms with Crippen molar-refractivity contribution in [2.75, 3.05) is 19.8 Å². The number of carbonyl (C=O) groups excluding carboxylic acids is 2. The molecule has 12 nitrogen and oxygen atoms in total. The summed E-state index contributed by atoms with van der Waals surface area (Å²) in [4.78, 5) is 25.1. The van der Waals surface area contributed by atoms with E-state index in [4.69, 9.17) is 23.7 Å². The number of hydrogen-bond acceptors (Lipinski definition) is 12. The van der Waals surface area contributed by atoms with Crippen molar-refractivity contribution in [2.24, 2.45) is 11.8 Å². The van der Waals surface area contributed by atoms with Gasteiger partial charge in [-0.05, 0) is 24.6 Å². The largest absolute Gasteiger partial charge is 0.471 e. The third-order valence-electron chi connectivity index (χ3n) is 6.56. The number of aliphatic hydroxyl groups excluding tert-OH is 5. The smallest absolute Gasteiger partial charge is 0.338 e. The highest BCUT2D eigenvalue weighted by molar-refractivity contribution is 5.90. The summed E-state index contributed by atoms with van der Waals surface area (Å²) in [5.41, 5.74) is 0.735. The van der Waals surface area contributed by atoms with E-state index in [1.54, 1.807) is 37.3 Å². The first-order chi connectivity index (χ1) is 17.8. The van der Waals surface area contributed by atoms with Gasteiger partial charge >= 0.3 is 11.9 Å². The van der Waals surface area contributed by atoms with Crippen molar-refractivity contribution in [3.8, 4) is 0 Å². The van der Waals surface area contributed by atoms with Gasteiger partial charge in [-0.3, -0.25) is 0 Å². The fourth-order valence-electron chi connectivity index (χ4n) is 4.68. The van der Waals surface area contributed by atoms with Gasteiger partial charge in [-0.25, -0.2) is 9.59 Å². The van der Waals surface area contributed by atoms with Gasteiger partial charge in [0, 0.05) is 5.92 Å². The van der Waals surface area contributed by atoms with E-state index in [9.17, 15) is 35.1 Å². The second-order valence-electron chi connectivity index (χ2n) is 8.86. The van der Waals surface area contributed by atoms with Crippen LogP contribution >= 0.6 is 0 Å². The van der Waals surface area contributed by atoms with Crippen LogP contribution in [0.5, 0.6) is 0 Å². The lowest BCUT2D eigenvalue weighted by atomic mass is 9.82. The Morgan fingerprint density at radius 2 is 1.65 bits per heavy atom. The first-order valence-electron chi connectivity index (χ1n) is 11.9. The summed E-state index contributed by atoms with van der Waals surface area (Å²) >= 11 is 0. The van der Waals surface area contributed by atoms with Crippen LogP contribution in [0, 0.1) is 11.8 Å². The topological polar surface area (TPSA) is 181 Å². The predicted octanol–water partition coefficient (Wildman–Crippen LogP) is -1.00. The molecular formula is C25H30O12. The van der Waals surface area contributed by atoms with Crippen LogP contribution in [-0.2, 0) is 28.5 Å². The van der Waals surface area contributed by atoms with Crippen molar-refractivity contribution < 1.29 is 58.8 Å². The van der Waals surface area contributed by atoms with Gasteiger partial charge in [0.15, 0.2) is 6.29 Å². The summed E-state index contributed by atoms with van der Waals surface area (Å²) in [6.07, 6.45) is -7.67. The summed E-state index contributed by atoms with van der Waals surface area (Å²) in [7, 11) is 0. The van der Waals surface area contributed by atoms with Crippen molar-refractivity contribution in [1.29, 1.82) is 0 Å². The van der Waals surface area contributed by atoms with Gasteiger partial charge < -0.3 is 49.2 Å². The third-order valence-corrected chi connectivity index (χ3v) is 6.56. The minimum atomic E-state index is -1.70. The van der Waals surface area contributed by atoms with Crippen molar-refractivity contribution in [1.82, 2.24) is 0 Å². The Morgan fingerprint density at radius 1 is 0.919 bits per heavy atom. The molecule has 202 valence electrons. The van der Waals surface area contributed by atoms with Crippen LogP contribution in [0.25, 0.3) is 0 Å². The zero-order valence-corrected chi connectivity index (χ0v) is 20.0. The molecule has 12 heteroatoms. The molecule has 2 heterocycles. The van der Waals surface area contributed by atoms with E-state index in [1.165, 1.54) is 6.08 Å². The highest BCUT2D eigenvalue weighted by Gasteiger charge is 2.52. The summed E-state index contributed by atoms with van der Waals surface area (Å²) in [6, 6.07) is 8.28. The maximum Gasteiger partial charge on any atom is 0.338 e. The van der Waals surface area contributed by atoms with Gasteiger partial charge in [0.25, 0.3) is 0 Å². The van der Waals surface area contributed by atoms with Crippen LogP contribution in [0.3, 0.4) is 0 Å². The van der Waals surface area contributed by atoms with Gasteiger partial charge in [0.1, 0.15) is 31.0 Å². The molecule has 0 unspecified atom stereocenters. The SMILES string of the molecule is CCOC(=O)C1=CO[C@@H](O[C@@H]2O[C@H](CO)[C@@H](O)[C@H](O)[C@H]2O)[C@@H]2C(COC(=O)c3ccccc3)=C[C@H](O)[C@H]12. The lowest BCUT2D eigenvalue weighted by molar-refractivity contribution is -0.340. The standard InChI is InChI=1S/C25H30O12/c1-2-33-23(32)14-11-35-24(37-25-21(30)20(29)19(28)16(9-26)36-25)17-13(8-15(27)18(14)17)10-34-22(31)12-6-4-3-5-7-12/h3-8,11,15-21,24-30H,2,9-10H2,1H3/t15-,16+,17+,18-,19+,20-,21+,24-,25-/m0/s1. The molecule has 3 aliphatic rings. The Labute approximate surface area is 212 Å². The van der Waals surface area contributed by atoms with E-state index < -0.39 is 73.5 Å². The van der Waals surface area contributed by atoms with Gasteiger partial charge in [0.05, 0.1) is 42.6 Å². The Kier molecular flexibility index (Phi) is 8.60. The molecule has 1 aromatic rings. The van der Waals surface area contributed by atoms with Crippen LogP contribution in [0.2, 0.25) is 0 Å². The number of hydrogen-bond donors (Lipinski definition) is 5. The van der Waals surface area contributed by atoms with E-state index >= 15 is 0 Å². The van der Waals surface area contributed by atoms with E-state index in [0.717, 1.165) is 6.26 Å². The summed E-state index contributed by atoms with van der Waals surface area (Å²) < 4.78 is 27.4. The van der Waals surface area contributed by atoms with Crippen molar-refractivity contribution in [3.63, 3.8) is 0 Å². The molecule has 1 fully saturated rings. The molecule has 1 aromatic carbocycles. The lowest BCUT2D eigenvalue weighted by Crippen LogP contribution is -2.60. The highest BCUT2D eigenvalue weighted by Crippen LogP contribution is 2.45. The molecule has 37 heavy (non-hydrogen) atoms. The molecule has 1 saturated heterocycles. The van der Waals surface area contributed by atoms with Crippen LogP contribution in [-0.4, -0.2) is 100 Å². The quantitative estimate of drug-likeness (QED) is 0.208. The lowest BCUT2D eigenvalue weighted by Gasteiger charge is -2.43. The molecule has 0 saturated carbocycles. The number of ether oxygens (including phenoxy) is 5. The minimum Gasteiger partial charge on any atom is -0.471 e. The fourth-order valence-corrected chi connectivity index (χ4v) is 4.68. The zero-order chi connectivity index (χ0) is 26.7. The molecule has 4 rings (SSSR count). The third kappa shape index (κ3) is 5.55. The number of aliphatic hydroxyl groups is 5. The number of carbonyl (C=O) groups is 2. The molecule has 2 aliphatic heterocycles. The molecule has 0 radical (unpaired) electrons. The van der Waals surface area contributed by atoms with E-state index in [-0.39, 0.29) is 18.8 Å². The van der Waals surface area contributed by atoms with E-state index in [0.29, 0.717) is 11.1 Å². The average molecular weight is 523 g/mol. The second-order valence-corrected chi connectivity index (χ2v) is 8.86. The zero-order valence-electron chi connectivity index (χ0n) is 20.0. The van der Waals surface area contributed by atoms with Gasteiger partial charge in [-0.1, -0.05) is 24.3 Å². The molecule has 1 aliphatic carbocycles. The molecule has 9 atom stereocenters. The van der Waals surface area contributed by atoms with E-state index in [1.807, 2.05) is 0 Å². The summed E-state index contributed by atoms with van der Waals surface area (Å²) in [5.74, 6) is -3.09.